The van der Waals surface area contributed by atoms with Crippen molar-refractivity contribution in [2.24, 2.45) is 0 Å². The third-order valence-electron chi connectivity index (χ3n) is 2.48. The second-order valence-electron chi connectivity index (χ2n) is 3.86. The third-order valence-corrected chi connectivity index (χ3v) is 2.48. The van der Waals surface area contributed by atoms with Crippen molar-refractivity contribution < 1.29 is 24.2 Å². The first-order valence-electron chi connectivity index (χ1n) is 5.80. The quantitative estimate of drug-likeness (QED) is 0.788. The van der Waals surface area contributed by atoms with Crippen molar-refractivity contribution in [3.05, 3.63) is 18.2 Å². The van der Waals surface area contributed by atoms with Crippen LogP contribution in [0.15, 0.2) is 18.2 Å². The van der Waals surface area contributed by atoms with E-state index in [2.05, 4.69) is 5.32 Å². The number of anilines is 1. The molecule has 0 heterocycles. The second kappa shape index (κ2) is 7.25. The molecule has 0 saturated heterocycles. The Morgan fingerprint density at radius 1 is 1.21 bits per heavy atom. The zero-order chi connectivity index (χ0) is 14.3. The van der Waals surface area contributed by atoms with Crippen molar-refractivity contribution in [2.75, 3.05) is 19.5 Å². The molecule has 0 radical (unpaired) electrons. The number of rotatable bonds is 7. The number of methoxy groups -OCH3 is 2. The standard InChI is InChI=1S/C13H17NO5/c1-18-9-6-7-11(19-2)10(8-9)14-12(15)4-3-5-13(16)17/h6-8H,3-5H2,1-2H3,(H,14,15)(H,16,17). The van der Waals surface area contributed by atoms with Gasteiger partial charge in [-0.2, -0.15) is 0 Å². The van der Waals surface area contributed by atoms with Crippen molar-refractivity contribution in [1.29, 1.82) is 0 Å². The Kier molecular flexibility index (Phi) is 5.66. The van der Waals surface area contributed by atoms with Gasteiger partial charge >= 0.3 is 5.97 Å². The first-order chi connectivity index (χ1) is 9.06. The van der Waals surface area contributed by atoms with E-state index in [1.54, 1.807) is 18.2 Å². The monoisotopic (exact) mass is 267 g/mol. The molecular formula is C13H17NO5. The van der Waals surface area contributed by atoms with E-state index in [-0.39, 0.29) is 18.7 Å². The normalized spacial score (nSPS) is 9.79. The number of aliphatic carboxylic acids is 1. The summed E-state index contributed by atoms with van der Waals surface area (Å²) in [5.74, 6) is -0.0476. The predicted octanol–water partition coefficient (Wildman–Crippen LogP) is 1.90. The highest BCUT2D eigenvalue weighted by molar-refractivity contribution is 5.92. The summed E-state index contributed by atoms with van der Waals surface area (Å²) in [4.78, 5) is 22.0. The lowest BCUT2D eigenvalue weighted by molar-refractivity contribution is -0.137. The van der Waals surface area contributed by atoms with Crippen LogP contribution in [-0.4, -0.2) is 31.2 Å². The molecule has 0 fully saturated rings. The minimum absolute atomic E-state index is 0.0251. The largest absolute Gasteiger partial charge is 0.497 e. The van der Waals surface area contributed by atoms with Gasteiger partial charge in [0.2, 0.25) is 5.91 Å². The molecule has 0 spiro atoms. The molecule has 0 aliphatic carbocycles. The van der Waals surface area contributed by atoms with Crippen molar-refractivity contribution in [1.82, 2.24) is 0 Å². The van der Waals surface area contributed by atoms with E-state index in [1.807, 2.05) is 0 Å². The zero-order valence-corrected chi connectivity index (χ0v) is 10.9. The van der Waals surface area contributed by atoms with Gasteiger partial charge in [0.1, 0.15) is 11.5 Å². The maximum atomic E-state index is 11.7. The van der Waals surface area contributed by atoms with E-state index < -0.39 is 5.97 Å². The van der Waals surface area contributed by atoms with Gasteiger partial charge < -0.3 is 19.9 Å². The Morgan fingerprint density at radius 2 is 1.95 bits per heavy atom. The van der Waals surface area contributed by atoms with Gasteiger partial charge in [-0.25, -0.2) is 0 Å². The van der Waals surface area contributed by atoms with Crippen LogP contribution < -0.4 is 14.8 Å². The number of carboxylic acid groups (broad SMARTS) is 1. The number of hydrogen-bond acceptors (Lipinski definition) is 4. The Bertz CT molecular complexity index is 458. The lowest BCUT2D eigenvalue weighted by Crippen LogP contribution is -2.12. The van der Waals surface area contributed by atoms with Crippen LogP contribution in [0.2, 0.25) is 0 Å². The molecule has 0 atom stereocenters. The highest BCUT2D eigenvalue weighted by Gasteiger charge is 2.09. The molecule has 104 valence electrons. The Hall–Kier alpha value is -2.24. The number of benzene rings is 1. The molecule has 0 bridgehead atoms. The molecule has 0 unspecified atom stereocenters. The smallest absolute Gasteiger partial charge is 0.303 e. The van der Waals surface area contributed by atoms with Crippen molar-refractivity contribution in [3.8, 4) is 11.5 Å². The topological polar surface area (TPSA) is 84.9 Å². The fourth-order valence-electron chi connectivity index (χ4n) is 1.52. The molecule has 1 rings (SSSR count). The average Bonchev–Trinajstić information content (AvgIpc) is 2.38. The lowest BCUT2D eigenvalue weighted by Gasteiger charge is -2.11. The molecule has 0 aromatic heterocycles. The summed E-state index contributed by atoms with van der Waals surface area (Å²) in [6, 6.07) is 5.05. The summed E-state index contributed by atoms with van der Waals surface area (Å²) in [6.07, 6.45) is 0.419. The average molecular weight is 267 g/mol. The van der Waals surface area contributed by atoms with E-state index in [0.717, 1.165) is 0 Å². The molecule has 2 N–H and O–H groups in total. The highest BCUT2D eigenvalue weighted by atomic mass is 16.5. The maximum absolute atomic E-state index is 11.7. The molecule has 19 heavy (non-hydrogen) atoms. The number of carboxylic acids is 1. The summed E-state index contributed by atoms with van der Waals surface area (Å²) >= 11 is 0. The van der Waals surface area contributed by atoms with Gasteiger partial charge in [0, 0.05) is 18.9 Å². The first kappa shape index (κ1) is 14.8. The van der Waals surface area contributed by atoms with Crippen molar-refractivity contribution in [3.63, 3.8) is 0 Å². The van der Waals surface area contributed by atoms with Crippen LogP contribution in [0.25, 0.3) is 0 Å². The summed E-state index contributed by atoms with van der Waals surface area (Å²) in [5.41, 5.74) is 0.502. The predicted molar refractivity (Wildman–Crippen MR) is 69.7 cm³/mol. The van der Waals surface area contributed by atoms with Gasteiger partial charge in [-0.3, -0.25) is 9.59 Å². The zero-order valence-electron chi connectivity index (χ0n) is 10.9. The Labute approximate surface area is 111 Å². The summed E-state index contributed by atoms with van der Waals surface area (Å²) in [6.45, 7) is 0. The summed E-state index contributed by atoms with van der Waals surface area (Å²) < 4.78 is 10.2. The number of carbonyl (C=O) groups is 2. The fourth-order valence-corrected chi connectivity index (χ4v) is 1.52. The van der Waals surface area contributed by atoms with E-state index in [0.29, 0.717) is 23.6 Å². The van der Waals surface area contributed by atoms with Crippen LogP contribution in [0.3, 0.4) is 0 Å². The van der Waals surface area contributed by atoms with Gasteiger partial charge in [0.05, 0.1) is 19.9 Å². The maximum Gasteiger partial charge on any atom is 0.303 e. The number of hydrogen-bond donors (Lipinski definition) is 2. The van der Waals surface area contributed by atoms with Gasteiger partial charge in [-0.15, -0.1) is 0 Å². The minimum Gasteiger partial charge on any atom is -0.497 e. The van der Waals surface area contributed by atoms with Gasteiger partial charge in [0.15, 0.2) is 0 Å². The van der Waals surface area contributed by atoms with Crippen LogP contribution in [0, 0.1) is 0 Å². The van der Waals surface area contributed by atoms with Crippen LogP contribution in [-0.2, 0) is 9.59 Å². The van der Waals surface area contributed by atoms with Crippen molar-refractivity contribution >= 4 is 17.6 Å². The molecule has 1 aromatic carbocycles. The molecule has 0 saturated carbocycles. The van der Waals surface area contributed by atoms with Crippen LogP contribution in [0.4, 0.5) is 5.69 Å². The Morgan fingerprint density at radius 3 is 2.53 bits per heavy atom. The molecule has 6 heteroatoms. The van der Waals surface area contributed by atoms with Gasteiger partial charge in [-0.1, -0.05) is 0 Å². The first-order valence-corrected chi connectivity index (χ1v) is 5.80. The van der Waals surface area contributed by atoms with E-state index in [9.17, 15) is 9.59 Å². The SMILES string of the molecule is COc1ccc(OC)c(NC(=O)CCCC(=O)O)c1. The summed E-state index contributed by atoms with van der Waals surface area (Å²) in [7, 11) is 3.03. The fraction of sp³-hybridized carbons (Fsp3) is 0.385. The molecule has 0 aliphatic rings. The van der Waals surface area contributed by atoms with Gasteiger partial charge in [0.25, 0.3) is 0 Å². The number of ether oxygens (including phenoxy) is 2. The van der Waals surface area contributed by atoms with Crippen LogP contribution >= 0.6 is 0 Å². The van der Waals surface area contributed by atoms with Crippen LogP contribution in [0.1, 0.15) is 19.3 Å². The second-order valence-corrected chi connectivity index (χ2v) is 3.86. The van der Waals surface area contributed by atoms with E-state index >= 15 is 0 Å². The highest BCUT2D eigenvalue weighted by Crippen LogP contribution is 2.28. The van der Waals surface area contributed by atoms with Gasteiger partial charge in [-0.05, 0) is 18.6 Å². The van der Waals surface area contributed by atoms with E-state index in [1.165, 1.54) is 14.2 Å². The molecule has 6 nitrogen and oxygen atoms in total. The van der Waals surface area contributed by atoms with E-state index in [4.69, 9.17) is 14.6 Å². The molecular weight excluding hydrogens is 250 g/mol. The third kappa shape index (κ3) is 4.87. The Balaban J connectivity index is 2.64. The van der Waals surface area contributed by atoms with Crippen LogP contribution in [0.5, 0.6) is 11.5 Å². The minimum atomic E-state index is -0.910. The van der Waals surface area contributed by atoms with Crippen molar-refractivity contribution in [2.45, 2.75) is 19.3 Å². The lowest BCUT2D eigenvalue weighted by atomic mass is 10.2. The molecule has 1 amide bonds. The molecule has 1 aromatic rings. The number of amides is 1. The molecule has 0 aliphatic heterocycles. The number of nitrogens with one attached hydrogen (secondary N) is 1. The number of carbonyl (C=O) groups excluding carboxylic acids is 1. The summed E-state index contributed by atoms with van der Waals surface area (Å²) in [5, 5.41) is 11.2.